The van der Waals surface area contributed by atoms with Crippen molar-refractivity contribution in [2.45, 2.75) is 39.5 Å². The van der Waals surface area contributed by atoms with Gasteiger partial charge in [0.2, 0.25) is 0 Å². The summed E-state index contributed by atoms with van der Waals surface area (Å²) in [5, 5.41) is 10.3. The van der Waals surface area contributed by atoms with E-state index in [-0.39, 0.29) is 16.9 Å². The molecule has 2 rings (SSSR count). The maximum atomic E-state index is 12.1. The van der Waals surface area contributed by atoms with Crippen LogP contribution in [0.5, 0.6) is 5.75 Å². The molecule has 1 N–H and O–H groups in total. The molecule has 0 fully saturated rings. The molecule has 1 amide bonds. The van der Waals surface area contributed by atoms with E-state index in [0.717, 1.165) is 17.0 Å². The molecule has 0 radical (unpaired) electrons. The van der Waals surface area contributed by atoms with Crippen LogP contribution in [0, 0.1) is 0 Å². The fourth-order valence-corrected chi connectivity index (χ4v) is 2.46. The molecular weight excluding hydrogens is 318 g/mol. The zero-order valence-corrected chi connectivity index (χ0v) is 14.9. The maximum absolute atomic E-state index is 12.1. The second-order valence-electron chi connectivity index (χ2n) is 6.49. The molecule has 0 heterocycles. The molecule has 25 heavy (non-hydrogen) atoms. The summed E-state index contributed by atoms with van der Waals surface area (Å²) in [6.45, 7) is 7.69. The summed E-state index contributed by atoms with van der Waals surface area (Å²) < 4.78 is 0. The Morgan fingerprint density at radius 3 is 2.40 bits per heavy atom. The molecule has 0 aliphatic carbocycles. The molecule has 0 aromatic heterocycles. The van der Waals surface area contributed by atoms with Gasteiger partial charge in [0.25, 0.3) is 5.91 Å². The molecule has 5 nitrogen and oxygen atoms in total. The Kier molecular flexibility index (Phi) is 5.47. The van der Waals surface area contributed by atoms with Gasteiger partial charge in [-0.3, -0.25) is 4.79 Å². The fourth-order valence-electron chi connectivity index (χ4n) is 2.46. The molecule has 0 saturated heterocycles. The Hall–Kier alpha value is -2.82. The average Bonchev–Trinajstić information content (AvgIpc) is 2.59. The van der Waals surface area contributed by atoms with E-state index in [9.17, 15) is 9.59 Å². The SMILES string of the molecule is CCC(C)(C)c1ccccc1ON(C(C)=O)c1cccc(C(=O)O)c1. The highest BCUT2D eigenvalue weighted by Crippen LogP contribution is 2.35. The number of carbonyl (C=O) groups is 2. The van der Waals surface area contributed by atoms with E-state index in [1.807, 2.05) is 24.3 Å². The number of nitrogens with zero attached hydrogens (tertiary/aromatic N) is 1. The summed E-state index contributed by atoms with van der Waals surface area (Å²) in [4.78, 5) is 29.2. The first kappa shape index (κ1) is 18.5. The van der Waals surface area contributed by atoms with Crippen LogP contribution in [-0.2, 0) is 10.2 Å². The quantitative estimate of drug-likeness (QED) is 0.790. The molecule has 0 bridgehead atoms. The minimum Gasteiger partial charge on any atom is -0.478 e. The van der Waals surface area contributed by atoms with Crippen LogP contribution in [-0.4, -0.2) is 17.0 Å². The van der Waals surface area contributed by atoms with E-state index in [2.05, 4.69) is 20.8 Å². The van der Waals surface area contributed by atoms with Crippen molar-refractivity contribution in [3.63, 3.8) is 0 Å². The van der Waals surface area contributed by atoms with Gasteiger partial charge in [-0.15, -0.1) is 5.06 Å². The van der Waals surface area contributed by atoms with Crippen LogP contribution >= 0.6 is 0 Å². The Bertz CT molecular complexity index is 783. The van der Waals surface area contributed by atoms with Gasteiger partial charge in [-0.25, -0.2) is 4.79 Å². The largest absolute Gasteiger partial charge is 0.478 e. The predicted octanol–water partition coefficient (Wildman–Crippen LogP) is 4.42. The van der Waals surface area contributed by atoms with E-state index < -0.39 is 5.97 Å². The van der Waals surface area contributed by atoms with Crippen LogP contribution in [0.4, 0.5) is 5.69 Å². The first-order valence-electron chi connectivity index (χ1n) is 8.18. The van der Waals surface area contributed by atoms with E-state index in [4.69, 9.17) is 9.94 Å². The van der Waals surface area contributed by atoms with Gasteiger partial charge in [0.1, 0.15) is 0 Å². The number of para-hydroxylation sites is 1. The molecule has 0 aliphatic heterocycles. The van der Waals surface area contributed by atoms with Crippen molar-refractivity contribution < 1.29 is 19.5 Å². The lowest BCUT2D eigenvalue weighted by Gasteiger charge is -2.28. The zero-order valence-electron chi connectivity index (χ0n) is 14.9. The summed E-state index contributed by atoms with van der Waals surface area (Å²) in [5.41, 5.74) is 1.33. The molecular formula is C20H23NO4. The number of amides is 1. The number of hydrogen-bond donors (Lipinski definition) is 1. The molecule has 0 unspecified atom stereocenters. The number of anilines is 1. The molecule has 0 aliphatic rings. The van der Waals surface area contributed by atoms with Gasteiger partial charge in [-0.2, -0.15) is 0 Å². The monoisotopic (exact) mass is 341 g/mol. The van der Waals surface area contributed by atoms with Crippen molar-refractivity contribution in [3.05, 3.63) is 59.7 Å². The molecule has 132 valence electrons. The minimum atomic E-state index is -1.06. The van der Waals surface area contributed by atoms with E-state index in [0.29, 0.717) is 11.4 Å². The first-order chi connectivity index (χ1) is 11.8. The number of carbonyl (C=O) groups excluding carboxylic acids is 1. The van der Waals surface area contributed by atoms with Crippen molar-refractivity contribution >= 4 is 17.6 Å². The normalized spacial score (nSPS) is 11.0. The molecule has 2 aromatic rings. The average molecular weight is 341 g/mol. The highest BCUT2D eigenvalue weighted by molar-refractivity contribution is 5.93. The number of benzene rings is 2. The summed E-state index contributed by atoms with van der Waals surface area (Å²) in [6.07, 6.45) is 0.905. The Morgan fingerprint density at radius 1 is 1.12 bits per heavy atom. The van der Waals surface area contributed by atoms with Gasteiger partial charge >= 0.3 is 5.97 Å². The lowest BCUT2D eigenvalue weighted by Crippen LogP contribution is -2.33. The molecule has 0 atom stereocenters. The van der Waals surface area contributed by atoms with Crippen LogP contribution in [0.1, 0.15) is 50.0 Å². The lowest BCUT2D eigenvalue weighted by molar-refractivity contribution is -0.120. The summed E-state index contributed by atoms with van der Waals surface area (Å²) >= 11 is 0. The zero-order chi connectivity index (χ0) is 18.6. The molecule has 2 aromatic carbocycles. The molecule has 5 heteroatoms. The van der Waals surface area contributed by atoms with Gasteiger partial charge in [-0.1, -0.05) is 45.0 Å². The first-order valence-corrected chi connectivity index (χ1v) is 8.18. The maximum Gasteiger partial charge on any atom is 0.335 e. The van der Waals surface area contributed by atoms with Crippen LogP contribution < -0.4 is 9.90 Å². The van der Waals surface area contributed by atoms with E-state index in [1.165, 1.54) is 19.1 Å². The second-order valence-corrected chi connectivity index (χ2v) is 6.49. The number of carboxylic acid groups (broad SMARTS) is 1. The van der Waals surface area contributed by atoms with Crippen molar-refractivity contribution in [1.29, 1.82) is 0 Å². The Balaban J connectivity index is 2.44. The third-order valence-electron chi connectivity index (χ3n) is 4.30. The highest BCUT2D eigenvalue weighted by atomic mass is 16.7. The van der Waals surface area contributed by atoms with Crippen LogP contribution in [0.25, 0.3) is 0 Å². The topological polar surface area (TPSA) is 66.8 Å². The number of hydrogen-bond acceptors (Lipinski definition) is 3. The van der Waals surface area contributed by atoms with E-state index >= 15 is 0 Å². The number of carboxylic acids is 1. The van der Waals surface area contributed by atoms with Crippen LogP contribution in [0.3, 0.4) is 0 Å². The summed E-state index contributed by atoms with van der Waals surface area (Å²) in [7, 11) is 0. The smallest absolute Gasteiger partial charge is 0.335 e. The lowest BCUT2D eigenvalue weighted by atomic mass is 9.82. The van der Waals surface area contributed by atoms with Gasteiger partial charge in [-0.05, 0) is 36.1 Å². The summed E-state index contributed by atoms with van der Waals surface area (Å²) in [5.74, 6) is -0.824. The standard InChI is InChI=1S/C20H23NO4/c1-5-20(3,4)17-11-6-7-12-18(17)25-21(14(2)22)16-10-8-9-15(13-16)19(23)24/h6-13H,5H2,1-4H3,(H,23,24). The number of hydroxylamine groups is 1. The Morgan fingerprint density at radius 2 is 1.80 bits per heavy atom. The Labute approximate surface area is 147 Å². The molecule has 0 saturated carbocycles. The van der Waals surface area contributed by atoms with Crippen molar-refractivity contribution in [2.24, 2.45) is 0 Å². The number of aromatic carboxylic acids is 1. The van der Waals surface area contributed by atoms with Gasteiger partial charge in [0.15, 0.2) is 5.75 Å². The van der Waals surface area contributed by atoms with Crippen molar-refractivity contribution in [1.82, 2.24) is 0 Å². The van der Waals surface area contributed by atoms with Crippen molar-refractivity contribution in [2.75, 3.05) is 5.06 Å². The van der Waals surface area contributed by atoms with Gasteiger partial charge in [0.05, 0.1) is 11.3 Å². The third-order valence-corrected chi connectivity index (χ3v) is 4.30. The minimum absolute atomic E-state index is 0.0922. The number of rotatable bonds is 6. The highest BCUT2D eigenvalue weighted by Gasteiger charge is 2.25. The fraction of sp³-hybridized carbons (Fsp3) is 0.300. The van der Waals surface area contributed by atoms with Crippen molar-refractivity contribution in [3.8, 4) is 5.75 Å². The summed E-state index contributed by atoms with van der Waals surface area (Å²) in [6, 6.07) is 13.7. The van der Waals surface area contributed by atoms with Gasteiger partial charge in [0, 0.05) is 12.5 Å². The van der Waals surface area contributed by atoms with Gasteiger partial charge < -0.3 is 9.94 Å². The third kappa shape index (κ3) is 4.18. The van der Waals surface area contributed by atoms with Crippen LogP contribution in [0.15, 0.2) is 48.5 Å². The predicted molar refractivity (Wildman–Crippen MR) is 96.9 cm³/mol. The molecule has 0 spiro atoms. The van der Waals surface area contributed by atoms with Crippen LogP contribution in [0.2, 0.25) is 0 Å². The second kappa shape index (κ2) is 7.38. The van der Waals surface area contributed by atoms with E-state index in [1.54, 1.807) is 12.1 Å².